The van der Waals surface area contributed by atoms with Crippen molar-refractivity contribution in [3.05, 3.63) is 34.0 Å². The van der Waals surface area contributed by atoms with Crippen LogP contribution in [0.25, 0.3) is 0 Å². The Morgan fingerprint density at radius 3 is 2.54 bits per heavy atom. The van der Waals surface area contributed by atoms with Crippen molar-refractivity contribution in [3.8, 4) is 6.07 Å². The maximum Gasteiger partial charge on any atom is 0.282 e. The van der Waals surface area contributed by atoms with Gasteiger partial charge in [-0.1, -0.05) is 20.4 Å². The normalized spacial score (nSPS) is 11.8. The highest BCUT2D eigenvalue weighted by Gasteiger charge is 2.15. The number of allylic oxidation sites excluding steroid dienone is 2. The fourth-order valence-corrected chi connectivity index (χ4v) is 0.924. The summed E-state index contributed by atoms with van der Waals surface area (Å²) in [6, 6.07) is 1.83. The smallest absolute Gasteiger partial charge is 0.258 e. The molecule has 0 heterocycles. The second-order valence-electron chi connectivity index (χ2n) is 3.03. The second kappa shape index (κ2) is 5.09. The molecule has 0 N–H and O–H groups in total. The van der Waals surface area contributed by atoms with Crippen LogP contribution in [-0.2, 0) is 0 Å². The molecule has 0 unspecified atom stereocenters. The zero-order valence-electron chi connectivity index (χ0n) is 7.78. The van der Waals surface area contributed by atoms with Crippen LogP contribution in [0.5, 0.6) is 0 Å². The fourth-order valence-electron chi connectivity index (χ4n) is 0.924. The predicted molar refractivity (Wildman–Crippen MR) is 49.3 cm³/mol. The maximum absolute atomic E-state index is 10.4. The minimum Gasteiger partial charge on any atom is -0.258 e. The molecule has 0 saturated carbocycles. The molecular weight excluding hydrogens is 168 g/mol. The molecule has 0 bridgehead atoms. The van der Waals surface area contributed by atoms with Crippen molar-refractivity contribution in [1.29, 1.82) is 5.26 Å². The summed E-state index contributed by atoms with van der Waals surface area (Å²) in [6.07, 6.45) is 1.53. The molecule has 0 amide bonds. The second-order valence-corrected chi connectivity index (χ2v) is 3.03. The Bertz CT molecular complexity index is 284. The molecule has 0 atom stereocenters. The quantitative estimate of drug-likeness (QED) is 0.288. The average molecular weight is 180 g/mol. The van der Waals surface area contributed by atoms with E-state index in [1.165, 1.54) is 0 Å². The predicted octanol–water partition coefficient (Wildman–Crippen LogP) is 2.27. The van der Waals surface area contributed by atoms with Crippen LogP contribution in [0.2, 0.25) is 0 Å². The molecule has 0 radical (unpaired) electrons. The number of hydrogen-bond donors (Lipinski definition) is 0. The standard InChI is InChI=1S/C9H12N2O2/c1-4-9(11(12)13)8(6-10)5-7(2)3/h4,7H,1,5H2,2-3H3/b9-8-. The lowest BCUT2D eigenvalue weighted by Crippen LogP contribution is -2.02. The van der Waals surface area contributed by atoms with Crippen LogP contribution < -0.4 is 0 Å². The van der Waals surface area contributed by atoms with Crippen LogP contribution in [0.15, 0.2) is 23.9 Å². The van der Waals surface area contributed by atoms with Gasteiger partial charge in [-0.3, -0.25) is 10.1 Å². The molecule has 0 aromatic heterocycles. The van der Waals surface area contributed by atoms with Crippen molar-refractivity contribution in [2.75, 3.05) is 0 Å². The highest BCUT2D eigenvalue weighted by molar-refractivity contribution is 5.29. The topological polar surface area (TPSA) is 66.9 Å². The molecular formula is C9H12N2O2. The third kappa shape index (κ3) is 3.52. The first-order valence-electron chi connectivity index (χ1n) is 3.93. The first kappa shape index (κ1) is 11.4. The Kier molecular flexibility index (Phi) is 4.45. The Balaban J connectivity index is 4.97. The van der Waals surface area contributed by atoms with Gasteiger partial charge >= 0.3 is 0 Å². The summed E-state index contributed by atoms with van der Waals surface area (Å²) in [5.74, 6) is 0.226. The Hall–Kier alpha value is -1.63. The lowest BCUT2D eigenvalue weighted by atomic mass is 10.0. The van der Waals surface area contributed by atoms with Gasteiger partial charge in [-0.15, -0.1) is 0 Å². The van der Waals surface area contributed by atoms with Crippen LogP contribution >= 0.6 is 0 Å². The summed E-state index contributed by atoms with van der Waals surface area (Å²) in [6.45, 7) is 7.11. The third-order valence-corrected chi connectivity index (χ3v) is 1.45. The molecule has 13 heavy (non-hydrogen) atoms. The molecule has 0 saturated heterocycles. The molecule has 0 spiro atoms. The largest absolute Gasteiger partial charge is 0.282 e. The van der Waals surface area contributed by atoms with E-state index in [1.54, 1.807) is 0 Å². The highest BCUT2D eigenvalue weighted by atomic mass is 16.6. The van der Waals surface area contributed by atoms with E-state index in [0.29, 0.717) is 6.42 Å². The Morgan fingerprint density at radius 1 is 1.77 bits per heavy atom. The van der Waals surface area contributed by atoms with E-state index in [1.807, 2.05) is 19.9 Å². The number of nitriles is 1. The average Bonchev–Trinajstić information content (AvgIpc) is 2.02. The van der Waals surface area contributed by atoms with Crippen LogP contribution in [0.1, 0.15) is 20.3 Å². The molecule has 70 valence electrons. The lowest BCUT2D eigenvalue weighted by Gasteiger charge is -2.01. The zero-order valence-corrected chi connectivity index (χ0v) is 7.78. The molecule has 4 nitrogen and oxygen atoms in total. The number of hydrogen-bond acceptors (Lipinski definition) is 3. The zero-order chi connectivity index (χ0) is 10.4. The fraction of sp³-hybridized carbons (Fsp3) is 0.444. The number of nitro groups is 1. The molecule has 0 aliphatic carbocycles. The van der Waals surface area contributed by atoms with Crippen molar-refractivity contribution in [1.82, 2.24) is 0 Å². The van der Waals surface area contributed by atoms with Gasteiger partial charge in [-0.05, 0) is 12.3 Å². The summed E-state index contributed by atoms with van der Waals surface area (Å²) in [5, 5.41) is 19.1. The van der Waals surface area contributed by atoms with Crippen molar-refractivity contribution in [2.45, 2.75) is 20.3 Å². The lowest BCUT2D eigenvalue weighted by molar-refractivity contribution is -0.420. The molecule has 0 aromatic rings. The first-order valence-corrected chi connectivity index (χ1v) is 3.93. The molecule has 0 aliphatic heterocycles. The van der Waals surface area contributed by atoms with Gasteiger partial charge in [-0.25, -0.2) is 0 Å². The molecule has 0 fully saturated rings. The van der Waals surface area contributed by atoms with Crippen LogP contribution in [-0.4, -0.2) is 4.92 Å². The summed E-state index contributed by atoms with van der Waals surface area (Å²) < 4.78 is 0. The van der Waals surface area contributed by atoms with Crippen LogP contribution in [0.3, 0.4) is 0 Å². The van der Waals surface area contributed by atoms with Crippen molar-refractivity contribution in [3.63, 3.8) is 0 Å². The Morgan fingerprint density at radius 2 is 2.31 bits per heavy atom. The number of nitrogens with zero attached hydrogens (tertiary/aromatic N) is 2. The highest BCUT2D eigenvalue weighted by Crippen LogP contribution is 2.15. The van der Waals surface area contributed by atoms with E-state index in [4.69, 9.17) is 5.26 Å². The van der Waals surface area contributed by atoms with Gasteiger partial charge < -0.3 is 0 Å². The maximum atomic E-state index is 10.4. The third-order valence-electron chi connectivity index (χ3n) is 1.45. The number of rotatable bonds is 4. The van der Waals surface area contributed by atoms with E-state index in [0.717, 1.165) is 6.08 Å². The van der Waals surface area contributed by atoms with Gasteiger partial charge in [0.25, 0.3) is 5.70 Å². The van der Waals surface area contributed by atoms with Crippen molar-refractivity contribution in [2.24, 2.45) is 5.92 Å². The molecule has 0 rings (SSSR count). The summed E-state index contributed by atoms with van der Waals surface area (Å²) in [4.78, 5) is 9.86. The van der Waals surface area contributed by atoms with E-state index in [-0.39, 0.29) is 17.2 Å². The summed E-state index contributed by atoms with van der Waals surface area (Å²) in [5.41, 5.74) is 0.00574. The molecule has 0 aliphatic rings. The Labute approximate surface area is 77.3 Å². The minimum atomic E-state index is -0.575. The monoisotopic (exact) mass is 180 g/mol. The summed E-state index contributed by atoms with van der Waals surface area (Å²) in [7, 11) is 0. The van der Waals surface area contributed by atoms with Crippen LogP contribution in [0, 0.1) is 27.4 Å². The molecule has 0 aromatic carbocycles. The van der Waals surface area contributed by atoms with Gasteiger partial charge in [0.15, 0.2) is 0 Å². The van der Waals surface area contributed by atoms with E-state index >= 15 is 0 Å². The van der Waals surface area contributed by atoms with E-state index in [9.17, 15) is 10.1 Å². The SMILES string of the molecule is C=C/C(=C(/C#N)CC(C)C)[N+](=O)[O-]. The van der Waals surface area contributed by atoms with Crippen molar-refractivity contribution < 1.29 is 4.92 Å². The van der Waals surface area contributed by atoms with Gasteiger partial charge in [0.05, 0.1) is 4.92 Å². The molecule has 4 heteroatoms. The first-order chi connectivity index (χ1) is 6.02. The van der Waals surface area contributed by atoms with Gasteiger partial charge in [0.2, 0.25) is 0 Å². The van der Waals surface area contributed by atoms with E-state index in [2.05, 4.69) is 6.58 Å². The minimum absolute atomic E-state index is 0.184. The van der Waals surface area contributed by atoms with Crippen LogP contribution in [0.4, 0.5) is 0 Å². The van der Waals surface area contributed by atoms with Gasteiger partial charge in [0, 0.05) is 6.08 Å². The summed E-state index contributed by atoms with van der Waals surface area (Å²) >= 11 is 0. The van der Waals surface area contributed by atoms with Gasteiger partial charge in [-0.2, -0.15) is 5.26 Å². The van der Waals surface area contributed by atoms with Crippen molar-refractivity contribution >= 4 is 0 Å². The van der Waals surface area contributed by atoms with Gasteiger partial charge in [0.1, 0.15) is 11.6 Å². The van der Waals surface area contributed by atoms with E-state index < -0.39 is 4.92 Å².